The molecule has 0 bridgehead atoms. The normalized spacial score (nSPS) is 15.8. The standard InChI is InChI=1S/C16H25N3O3.2ClH/c1-19(2)8-11-22-14-5-3-4-13(12-14)18-15(20)16(17)6-9-21-10-7-16;;/h3-5,12H,6-11,17H2,1-2H3,(H,18,20);2*1H. The summed E-state index contributed by atoms with van der Waals surface area (Å²) in [7, 11) is 3.99. The third-order valence-electron chi connectivity index (χ3n) is 3.74. The zero-order valence-electron chi connectivity index (χ0n) is 14.1. The second-order valence-electron chi connectivity index (χ2n) is 5.90. The molecule has 6 nitrogen and oxygen atoms in total. The molecule has 1 aliphatic heterocycles. The zero-order chi connectivity index (χ0) is 16.0. The zero-order valence-corrected chi connectivity index (χ0v) is 15.8. The van der Waals surface area contributed by atoms with Crippen LogP contribution in [0.4, 0.5) is 5.69 Å². The van der Waals surface area contributed by atoms with Gasteiger partial charge in [-0.25, -0.2) is 0 Å². The molecule has 0 unspecified atom stereocenters. The minimum absolute atomic E-state index is 0. The quantitative estimate of drug-likeness (QED) is 0.789. The smallest absolute Gasteiger partial charge is 0.244 e. The lowest BCUT2D eigenvalue weighted by Gasteiger charge is -2.31. The van der Waals surface area contributed by atoms with Crippen LogP contribution < -0.4 is 15.8 Å². The maximum absolute atomic E-state index is 12.4. The van der Waals surface area contributed by atoms with Gasteiger partial charge in [0.15, 0.2) is 0 Å². The Morgan fingerprint density at radius 1 is 1.33 bits per heavy atom. The minimum atomic E-state index is -0.847. The van der Waals surface area contributed by atoms with E-state index in [1.54, 1.807) is 0 Å². The van der Waals surface area contributed by atoms with Crippen LogP contribution in [0.3, 0.4) is 0 Å². The summed E-state index contributed by atoms with van der Waals surface area (Å²) >= 11 is 0. The topological polar surface area (TPSA) is 76.8 Å². The molecule has 8 heteroatoms. The Labute approximate surface area is 155 Å². The number of halogens is 2. The highest BCUT2D eigenvalue weighted by molar-refractivity contribution is 5.98. The Balaban J connectivity index is 0.00000264. The number of likely N-dealkylation sites (N-methyl/N-ethyl adjacent to an activating group) is 1. The molecule has 2 rings (SSSR count). The molecule has 1 heterocycles. The number of nitrogens with zero attached hydrogens (tertiary/aromatic N) is 1. The molecule has 0 aliphatic carbocycles. The Kier molecular flexibility index (Phi) is 10.3. The fraction of sp³-hybridized carbons (Fsp3) is 0.562. The van der Waals surface area contributed by atoms with Gasteiger partial charge in [0, 0.05) is 31.5 Å². The second kappa shape index (κ2) is 10.7. The number of rotatable bonds is 6. The number of ether oxygens (including phenoxy) is 2. The molecular weight excluding hydrogens is 353 g/mol. The molecular formula is C16H27Cl2N3O3. The van der Waals surface area contributed by atoms with Crippen LogP contribution in [0, 0.1) is 0 Å². The van der Waals surface area contributed by atoms with Gasteiger partial charge < -0.3 is 25.4 Å². The number of benzene rings is 1. The molecule has 1 aliphatic rings. The average molecular weight is 380 g/mol. The van der Waals surface area contributed by atoms with Gasteiger partial charge in [0.25, 0.3) is 0 Å². The van der Waals surface area contributed by atoms with Gasteiger partial charge in [0.05, 0.1) is 0 Å². The summed E-state index contributed by atoms with van der Waals surface area (Å²) in [5.74, 6) is 0.568. The van der Waals surface area contributed by atoms with Gasteiger partial charge >= 0.3 is 0 Å². The Morgan fingerprint density at radius 3 is 2.62 bits per heavy atom. The van der Waals surface area contributed by atoms with Crippen molar-refractivity contribution in [3.8, 4) is 5.75 Å². The number of hydrogen-bond donors (Lipinski definition) is 2. The molecule has 1 aromatic carbocycles. The van der Waals surface area contributed by atoms with Crippen LogP contribution in [0.1, 0.15) is 12.8 Å². The van der Waals surface area contributed by atoms with Crippen molar-refractivity contribution < 1.29 is 14.3 Å². The van der Waals surface area contributed by atoms with Crippen LogP contribution in [0.25, 0.3) is 0 Å². The van der Waals surface area contributed by atoms with Crippen molar-refractivity contribution >= 4 is 36.4 Å². The predicted molar refractivity (Wildman–Crippen MR) is 101 cm³/mol. The maximum Gasteiger partial charge on any atom is 0.244 e. The number of nitrogens with one attached hydrogen (secondary N) is 1. The number of carbonyl (C=O) groups excluding carboxylic acids is 1. The van der Waals surface area contributed by atoms with E-state index in [1.165, 1.54) is 0 Å². The molecule has 1 aromatic rings. The lowest BCUT2D eigenvalue weighted by molar-refractivity contribution is -0.124. The van der Waals surface area contributed by atoms with E-state index in [0.717, 1.165) is 12.3 Å². The van der Waals surface area contributed by atoms with E-state index in [0.29, 0.717) is 38.3 Å². The SMILES string of the molecule is CN(C)CCOc1cccc(NC(=O)C2(N)CCOCC2)c1.Cl.Cl. The van der Waals surface area contributed by atoms with Crippen LogP contribution in [0.2, 0.25) is 0 Å². The molecule has 1 fully saturated rings. The van der Waals surface area contributed by atoms with Crippen molar-refractivity contribution in [3.63, 3.8) is 0 Å². The van der Waals surface area contributed by atoms with Crippen molar-refractivity contribution in [1.29, 1.82) is 0 Å². The van der Waals surface area contributed by atoms with Gasteiger partial charge in [0.2, 0.25) is 5.91 Å². The minimum Gasteiger partial charge on any atom is -0.492 e. The van der Waals surface area contributed by atoms with Crippen molar-refractivity contribution in [2.24, 2.45) is 5.73 Å². The molecule has 24 heavy (non-hydrogen) atoms. The summed E-state index contributed by atoms with van der Waals surface area (Å²) in [4.78, 5) is 14.4. The summed E-state index contributed by atoms with van der Waals surface area (Å²) in [6.45, 7) is 2.49. The molecule has 0 radical (unpaired) electrons. The highest BCUT2D eigenvalue weighted by Gasteiger charge is 2.35. The van der Waals surface area contributed by atoms with Gasteiger partial charge in [0.1, 0.15) is 17.9 Å². The Morgan fingerprint density at radius 2 is 2.00 bits per heavy atom. The number of anilines is 1. The maximum atomic E-state index is 12.4. The summed E-state index contributed by atoms with van der Waals surface area (Å²) in [6.07, 6.45) is 1.08. The van der Waals surface area contributed by atoms with E-state index in [-0.39, 0.29) is 30.7 Å². The molecule has 0 spiro atoms. The highest BCUT2D eigenvalue weighted by Crippen LogP contribution is 2.22. The lowest BCUT2D eigenvalue weighted by Crippen LogP contribution is -2.54. The molecule has 1 saturated heterocycles. The average Bonchev–Trinajstić information content (AvgIpc) is 2.48. The fourth-order valence-corrected chi connectivity index (χ4v) is 2.23. The Hall–Kier alpha value is -1.05. The Bertz CT molecular complexity index is 509. The predicted octanol–water partition coefficient (Wildman–Crippen LogP) is 1.92. The van der Waals surface area contributed by atoms with E-state index in [9.17, 15) is 4.79 Å². The first kappa shape index (κ1) is 22.9. The molecule has 1 amide bonds. The monoisotopic (exact) mass is 379 g/mol. The van der Waals surface area contributed by atoms with E-state index in [4.69, 9.17) is 15.2 Å². The van der Waals surface area contributed by atoms with Gasteiger partial charge in [-0.05, 0) is 39.1 Å². The first-order valence-electron chi connectivity index (χ1n) is 7.55. The summed E-state index contributed by atoms with van der Waals surface area (Å²) in [5.41, 5.74) is 6.02. The number of carbonyl (C=O) groups is 1. The van der Waals surface area contributed by atoms with E-state index < -0.39 is 5.54 Å². The third-order valence-corrected chi connectivity index (χ3v) is 3.74. The molecule has 0 aromatic heterocycles. The largest absolute Gasteiger partial charge is 0.492 e. The van der Waals surface area contributed by atoms with Gasteiger partial charge in [-0.3, -0.25) is 4.79 Å². The van der Waals surface area contributed by atoms with Gasteiger partial charge in [-0.2, -0.15) is 0 Å². The summed E-state index contributed by atoms with van der Waals surface area (Å²) in [6, 6.07) is 7.38. The van der Waals surface area contributed by atoms with Crippen molar-refractivity contribution in [2.75, 3.05) is 45.8 Å². The van der Waals surface area contributed by atoms with Gasteiger partial charge in [-0.1, -0.05) is 6.07 Å². The first-order chi connectivity index (χ1) is 10.5. The molecule has 138 valence electrons. The van der Waals surface area contributed by atoms with Gasteiger partial charge in [-0.15, -0.1) is 24.8 Å². The number of nitrogens with two attached hydrogens (primary N) is 1. The lowest BCUT2D eigenvalue weighted by atomic mass is 9.90. The highest BCUT2D eigenvalue weighted by atomic mass is 35.5. The van der Waals surface area contributed by atoms with Crippen LogP contribution >= 0.6 is 24.8 Å². The van der Waals surface area contributed by atoms with E-state index in [2.05, 4.69) is 10.2 Å². The first-order valence-corrected chi connectivity index (χ1v) is 7.55. The van der Waals surface area contributed by atoms with Crippen molar-refractivity contribution in [1.82, 2.24) is 4.90 Å². The molecule has 0 saturated carbocycles. The number of amides is 1. The third kappa shape index (κ3) is 6.83. The second-order valence-corrected chi connectivity index (χ2v) is 5.90. The van der Waals surface area contributed by atoms with Crippen LogP contribution in [-0.2, 0) is 9.53 Å². The van der Waals surface area contributed by atoms with E-state index >= 15 is 0 Å². The van der Waals surface area contributed by atoms with E-state index in [1.807, 2.05) is 38.4 Å². The van der Waals surface area contributed by atoms with Crippen LogP contribution in [0.5, 0.6) is 5.75 Å². The fourth-order valence-electron chi connectivity index (χ4n) is 2.23. The number of hydrogen-bond acceptors (Lipinski definition) is 5. The van der Waals surface area contributed by atoms with Crippen LogP contribution in [-0.4, -0.2) is 56.8 Å². The van der Waals surface area contributed by atoms with Crippen molar-refractivity contribution in [3.05, 3.63) is 24.3 Å². The summed E-state index contributed by atoms with van der Waals surface area (Å²) < 4.78 is 10.9. The molecule has 0 atom stereocenters. The summed E-state index contributed by atoms with van der Waals surface area (Å²) in [5, 5.41) is 2.88. The molecule has 3 N–H and O–H groups in total. The van der Waals surface area contributed by atoms with Crippen LogP contribution in [0.15, 0.2) is 24.3 Å². The van der Waals surface area contributed by atoms with Crippen molar-refractivity contribution in [2.45, 2.75) is 18.4 Å².